The van der Waals surface area contributed by atoms with Crippen LogP contribution in [0.3, 0.4) is 0 Å². The Morgan fingerprint density at radius 3 is 1.53 bits per heavy atom. The zero-order chi connectivity index (χ0) is 11.3. The highest BCUT2D eigenvalue weighted by Gasteiger charge is 2.33. The number of hydrogen-bond acceptors (Lipinski definition) is 7. The van der Waals surface area contributed by atoms with Crippen molar-refractivity contribution in [3.8, 4) is 0 Å². The maximum atomic E-state index is 9.20. The van der Waals surface area contributed by atoms with E-state index in [0.29, 0.717) is 0 Å². The molecule has 0 fully saturated rings. The molecular formula is C7H18ClNO6. The lowest BCUT2D eigenvalue weighted by atomic mass is 9.99. The normalized spacial score (nSPS) is 21.0. The van der Waals surface area contributed by atoms with E-state index in [9.17, 15) is 5.11 Å². The van der Waals surface area contributed by atoms with Crippen LogP contribution < -0.4 is 5.73 Å². The molecule has 0 rings (SSSR count). The summed E-state index contributed by atoms with van der Waals surface area (Å²) in [6.45, 7) is -1.05. The molecule has 0 aliphatic carbocycles. The minimum atomic E-state index is -1.77. The van der Waals surface area contributed by atoms with Crippen LogP contribution in [-0.2, 0) is 0 Å². The predicted octanol–water partition coefficient (Wildman–Crippen LogP) is -3.84. The van der Waals surface area contributed by atoms with E-state index < -0.39 is 37.1 Å². The SMILES string of the molecule is Cl.NC[C@H](O)[C@H](O)[C@@H](O)[C@@H](O)[C@H](O)CO. The van der Waals surface area contributed by atoms with Gasteiger partial charge in [-0.3, -0.25) is 0 Å². The lowest BCUT2D eigenvalue weighted by Crippen LogP contribution is -2.51. The summed E-state index contributed by atoms with van der Waals surface area (Å²) < 4.78 is 0. The van der Waals surface area contributed by atoms with E-state index in [4.69, 9.17) is 31.3 Å². The highest BCUT2D eigenvalue weighted by molar-refractivity contribution is 5.85. The van der Waals surface area contributed by atoms with Gasteiger partial charge >= 0.3 is 0 Å². The molecule has 0 bridgehead atoms. The Labute approximate surface area is 93.2 Å². The van der Waals surface area contributed by atoms with Gasteiger partial charge in [0.15, 0.2) is 0 Å². The third kappa shape index (κ3) is 5.05. The van der Waals surface area contributed by atoms with Crippen molar-refractivity contribution in [2.45, 2.75) is 30.5 Å². The van der Waals surface area contributed by atoms with E-state index in [1.54, 1.807) is 0 Å². The Balaban J connectivity index is 0. The van der Waals surface area contributed by atoms with Gasteiger partial charge in [-0.05, 0) is 0 Å². The highest BCUT2D eigenvalue weighted by Crippen LogP contribution is 2.07. The lowest BCUT2D eigenvalue weighted by molar-refractivity contribution is -0.138. The molecule has 7 nitrogen and oxygen atoms in total. The molecule has 8 heteroatoms. The quantitative estimate of drug-likeness (QED) is 0.254. The van der Waals surface area contributed by atoms with Gasteiger partial charge in [-0.1, -0.05) is 0 Å². The molecule has 0 aliphatic rings. The molecular weight excluding hydrogens is 230 g/mol. The molecule has 94 valence electrons. The molecule has 0 aromatic carbocycles. The second kappa shape index (κ2) is 8.20. The van der Waals surface area contributed by atoms with Gasteiger partial charge in [-0.15, -0.1) is 12.4 Å². The van der Waals surface area contributed by atoms with Gasteiger partial charge in [-0.25, -0.2) is 0 Å². The molecule has 5 atom stereocenters. The molecule has 15 heavy (non-hydrogen) atoms. The van der Waals surface area contributed by atoms with Crippen molar-refractivity contribution in [1.82, 2.24) is 0 Å². The zero-order valence-corrected chi connectivity index (χ0v) is 8.79. The molecule has 0 saturated carbocycles. The number of rotatable bonds is 6. The monoisotopic (exact) mass is 247 g/mol. The second-order valence-corrected chi connectivity index (χ2v) is 3.02. The Hall–Kier alpha value is 0.01000. The predicted molar refractivity (Wildman–Crippen MR) is 53.4 cm³/mol. The number of hydrogen-bond donors (Lipinski definition) is 7. The van der Waals surface area contributed by atoms with Gasteiger partial charge in [0, 0.05) is 6.54 Å². The number of nitrogens with two attached hydrogens (primary N) is 1. The van der Waals surface area contributed by atoms with E-state index in [-0.39, 0.29) is 19.0 Å². The fraction of sp³-hybridized carbons (Fsp3) is 1.00. The van der Waals surface area contributed by atoms with E-state index in [2.05, 4.69) is 0 Å². The summed E-state index contributed by atoms with van der Waals surface area (Å²) >= 11 is 0. The van der Waals surface area contributed by atoms with E-state index in [1.807, 2.05) is 0 Å². The van der Waals surface area contributed by atoms with Crippen LogP contribution in [0.1, 0.15) is 0 Å². The summed E-state index contributed by atoms with van der Waals surface area (Å²) in [6, 6.07) is 0. The van der Waals surface area contributed by atoms with Crippen molar-refractivity contribution in [3.63, 3.8) is 0 Å². The van der Waals surface area contributed by atoms with Crippen molar-refractivity contribution < 1.29 is 30.6 Å². The molecule has 0 spiro atoms. The van der Waals surface area contributed by atoms with Crippen LogP contribution >= 0.6 is 12.4 Å². The smallest absolute Gasteiger partial charge is 0.111 e. The average molecular weight is 248 g/mol. The Morgan fingerprint density at radius 2 is 1.20 bits per heavy atom. The molecule has 0 amide bonds. The first-order valence-electron chi connectivity index (χ1n) is 4.17. The van der Waals surface area contributed by atoms with Crippen LogP contribution in [0.15, 0.2) is 0 Å². The highest BCUT2D eigenvalue weighted by atomic mass is 35.5. The Morgan fingerprint density at radius 1 is 0.800 bits per heavy atom. The summed E-state index contributed by atoms with van der Waals surface area (Å²) in [5.74, 6) is 0. The van der Waals surface area contributed by atoms with Gasteiger partial charge in [0.2, 0.25) is 0 Å². The maximum Gasteiger partial charge on any atom is 0.111 e. The molecule has 0 aromatic rings. The molecule has 0 unspecified atom stereocenters. The minimum Gasteiger partial charge on any atom is -0.394 e. The van der Waals surface area contributed by atoms with Gasteiger partial charge in [0.25, 0.3) is 0 Å². The van der Waals surface area contributed by atoms with Gasteiger partial charge in [-0.2, -0.15) is 0 Å². The molecule has 0 radical (unpaired) electrons. The average Bonchev–Trinajstić information content (AvgIpc) is 2.23. The van der Waals surface area contributed by atoms with Crippen LogP contribution in [0.4, 0.5) is 0 Å². The fourth-order valence-corrected chi connectivity index (χ4v) is 0.905. The number of halogens is 1. The summed E-state index contributed by atoms with van der Waals surface area (Å²) in [5.41, 5.74) is 5.00. The number of aliphatic hydroxyl groups is 6. The van der Waals surface area contributed by atoms with Crippen LogP contribution in [0.25, 0.3) is 0 Å². The summed E-state index contributed by atoms with van der Waals surface area (Å²) in [7, 11) is 0. The van der Waals surface area contributed by atoms with Crippen molar-refractivity contribution in [2.75, 3.05) is 13.2 Å². The zero-order valence-electron chi connectivity index (χ0n) is 7.97. The number of aliphatic hydroxyl groups excluding tert-OH is 6. The Kier molecular flexibility index (Phi) is 9.51. The summed E-state index contributed by atoms with van der Waals surface area (Å²) in [4.78, 5) is 0. The van der Waals surface area contributed by atoms with Crippen molar-refractivity contribution in [1.29, 1.82) is 0 Å². The van der Waals surface area contributed by atoms with Crippen LogP contribution in [-0.4, -0.2) is 74.3 Å². The van der Waals surface area contributed by atoms with E-state index in [1.165, 1.54) is 0 Å². The third-order valence-corrected chi connectivity index (χ3v) is 1.92. The van der Waals surface area contributed by atoms with Crippen LogP contribution in [0.5, 0.6) is 0 Å². The first kappa shape index (κ1) is 17.4. The van der Waals surface area contributed by atoms with Crippen molar-refractivity contribution in [2.24, 2.45) is 5.73 Å². The van der Waals surface area contributed by atoms with Crippen LogP contribution in [0.2, 0.25) is 0 Å². The second-order valence-electron chi connectivity index (χ2n) is 3.02. The lowest BCUT2D eigenvalue weighted by Gasteiger charge is -2.27. The van der Waals surface area contributed by atoms with E-state index >= 15 is 0 Å². The van der Waals surface area contributed by atoms with Gasteiger partial charge in [0.05, 0.1) is 12.7 Å². The summed E-state index contributed by atoms with van der Waals surface area (Å²) in [6.07, 6.45) is -8.15. The van der Waals surface area contributed by atoms with Gasteiger partial charge < -0.3 is 36.4 Å². The Bertz CT molecular complexity index is 146. The molecule has 0 saturated heterocycles. The standard InChI is InChI=1S/C7H17NO6.ClH/c8-1-3(10)5(12)7(14)6(13)4(11)2-9;/h3-7,9-14H,1-2,8H2;1H/t3-,4+,5-,6-,7+;/m0./s1. The van der Waals surface area contributed by atoms with Gasteiger partial charge in [0.1, 0.15) is 24.4 Å². The molecule has 0 aromatic heterocycles. The largest absolute Gasteiger partial charge is 0.394 e. The molecule has 0 aliphatic heterocycles. The summed E-state index contributed by atoms with van der Waals surface area (Å²) in [5, 5.41) is 53.9. The maximum absolute atomic E-state index is 9.20. The molecule has 8 N–H and O–H groups in total. The molecule has 0 heterocycles. The van der Waals surface area contributed by atoms with Crippen molar-refractivity contribution >= 4 is 12.4 Å². The third-order valence-electron chi connectivity index (χ3n) is 1.92. The van der Waals surface area contributed by atoms with Crippen molar-refractivity contribution in [3.05, 3.63) is 0 Å². The minimum absolute atomic E-state index is 0. The fourth-order valence-electron chi connectivity index (χ4n) is 0.905. The topological polar surface area (TPSA) is 147 Å². The van der Waals surface area contributed by atoms with Crippen LogP contribution in [0, 0.1) is 0 Å². The first-order valence-corrected chi connectivity index (χ1v) is 4.17. The van der Waals surface area contributed by atoms with E-state index in [0.717, 1.165) is 0 Å². The first-order chi connectivity index (χ1) is 6.45.